The fraction of sp³-hybridized carbons (Fsp3) is 0.259. The van der Waals surface area contributed by atoms with Crippen LogP contribution in [0.1, 0.15) is 42.4 Å². The summed E-state index contributed by atoms with van der Waals surface area (Å²) in [5, 5.41) is 13.0. The maximum absolute atomic E-state index is 13.4. The van der Waals surface area contributed by atoms with Gasteiger partial charge in [-0.1, -0.05) is 29.3 Å². The molecule has 36 heavy (non-hydrogen) atoms. The third-order valence-electron chi connectivity index (χ3n) is 5.12. The highest BCUT2D eigenvalue weighted by atomic mass is 35.5. The lowest BCUT2D eigenvalue weighted by molar-refractivity contribution is -0.161. The number of carbonyl (C=O) groups excluding carboxylic acids is 2. The molecule has 0 bridgehead atoms. The molecule has 0 aliphatic rings. The van der Waals surface area contributed by atoms with Crippen LogP contribution in [0.5, 0.6) is 0 Å². The third-order valence-corrected chi connectivity index (χ3v) is 5.71. The van der Waals surface area contributed by atoms with E-state index in [-0.39, 0.29) is 17.7 Å². The molecule has 1 unspecified atom stereocenters. The van der Waals surface area contributed by atoms with Gasteiger partial charge in [0.25, 0.3) is 0 Å². The van der Waals surface area contributed by atoms with E-state index < -0.39 is 29.4 Å². The minimum Gasteiger partial charge on any atom is -0.478 e. The summed E-state index contributed by atoms with van der Waals surface area (Å²) >= 11 is 12.3. The number of aromatic carboxylic acids is 1. The van der Waals surface area contributed by atoms with Crippen LogP contribution in [-0.4, -0.2) is 33.5 Å². The molecule has 2 N–H and O–H groups in total. The van der Waals surface area contributed by atoms with Crippen LogP contribution in [-0.2, 0) is 20.7 Å². The van der Waals surface area contributed by atoms with Crippen molar-refractivity contribution >= 4 is 46.7 Å². The summed E-state index contributed by atoms with van der Waals surface area (Å²) < 4.78 is 5.49. The number of hydrogen-bond donors (Lipinski definition) is 2. The smallest absolute Gasteiger partial charge is 0.335 e. The largest absolute Gasteiger partial charge is 0.478 e. The number of nitrogens with one attached hydrogen (secondary N) is 1. The normalized spacial score (nSPS) is 12.1. The number of amides is 1. The number of carboxylic acid groups (broad SMARTS) is 1. The predicted octanol–water partition coefficient (Wildman–Crippen LogP) is 6.20. The van der Waals surface area contributed by atoms with Crippen LogP contribution in [0.3, 0.4) is 0 Å². The number of pyridine rings is 1. The zero-order valence-corrected chi connectivity index (χ0v) is 21.8. The summed E-state index contributed by atoms with van der Waals surface area (Å²) in [5.74, 6) is -3.79. The fourth-order valence-electron chi connectivity index (χ4n) is 3.51. The van der Waals surface area contributed by atoms with Crippen LogP contribution in [0.2, 0.25) is 10.0 Å². The molecule has 0 fully saturated rings. The van der Waals surface area contributed by atoms with Gasteiger partial charge in [-0.25, -0.2) is 4.79 Å². The van der Waals surface area contributed by atoms with Gasteiger partial charge in [-0.05, 0) is 93.3 Å². The third kappa shape index (κ3) is 7.29. The summed E-state index contributed by atoms with van der Waals surface area (Å²) in [4.78, 5) is 42.3. The lowest BCUT2D eigenvalue weighted by Gasteiger charge is -2.24. The van der Waals surface area contributed by atoms with Crippen molar-refractivity contribution < 1.29 is 24.2 Å². The Morgan fingerprint density at radius 2 is 1.75 bits per heavy atom. The number of hydrogen-bond acceptors (Lipinski definition) is 5. The quantitative estimate of drug-likeness (QED) is 0.279. The predicted molar refractivity (Wildman–Crippen MR) is 139 cm³/mol. The monoisotopic (exact) mass is 528 g/mol. The van der Waals surface area contributed by atoms with Gasteiger partial charge in [-0.15, -0.1) is 0 Å². The molecule has 1 aromatic heterocycles. The minimum absolute atomic E-state index is 0.0215. The standard InChI is InChI=1S/C27H26Cl2N2O5/c1-15-9-16(7-8-30-15)18-10-19(25(33)34)12-21(11-18)31-24(32)22(26(35)36-27(2,3)4)13-17-5-6-20(28)14-23(17)29/h5-12,14,22H,13H2,1-4H3,(H,31,32)(H,33,34). The van der Waals surface area contributed by atoms with E-state index in [0.29, 0.717) is 21.2 Å². The van der Waals surface area contributed by atoms with Crippen LogP contribution >= 0.6 is 23.2 Å². The molecule has 1 heterocycles. The fourth-order valence-corrected chi connectivity index (χ4v) is 3.99. The second-order valence-electron chi connectivity index (χ2n) is 9.31. The maximum Gasteiger partial charge on any atom is 0.335 e. The van der Waals surface area contributed by atoms with Gasteiger partial charge >= 0.3 is 11.9 Å². The molecular weight excluding hydrogens is 503 g/mol. The van der Waals surface area contributed by atoms with Crippen LogP contribution in [0.15, 0.2) is 54.7 Å². The van der Waals surface area contributed by atoms with Crippen molar-refractivity contribution in [3.8, 4) is 11.1 Å². The molecule has 0 spiro atoms. The molecule has 9 heteroatoms. The van der Waals surface area contributed by atoms with Crippen molar-refractivity contribution in [2.75, 3.05) is 5.32 Å². The van der Waals surface area contributed by atoms with Crippen molar-refractivity contribution in [2.45, 2.75) is 39.7 Å². The number of esters is 1. The lowest BCUT2D eigenvalue weighted by atomic mass is 9.97. The number of rotatable bonds is 7. The summed E-state index contributed by atoms with van der Waals surface area (Å²) in [5.41, 5.74) is 1.98. The van der Waals surface area contributed by atoms with Gasteiger partial charge in [0.1, 0.15) is 11.5 Å². The minimum atomic E-state index is -1.25. The topological polar surface area (TPSA) is 106 Å². The molecule has 2 aromatic carbocycles. The van der Waals surface area contributed by atoms with Gasteiger partial charge in [0.05, 0.1) is 5.56 Å². The van der Waals surface area contributed by atoms with Crippen molar-refractivity contribution in [3.63, 3.8) is 0 Å². The van der Waals surface area contributed by atoms with Crippen molar-refractivity contribution in [1.82, 2.24) is 4.98 Å². The Morgan fingerprint density at radius 3 is 2.36 bits per heavy atom. The Kier molecular flexibility index (Phi) is 8.38. The molecule has 0 aliphatic carbocycles. The lowest BCUT2D eigenvalue weighted by Crippen LogP contribution is -2.37. The van der Waals surface area contributed by atoms with Gasteiger partial charge < -0.3 is 15.2 Å². The van der Waals surface area contributed by atoms with E-state index >= 15 is 0 Å². The van der Waals surface area contributed by atoms with Gasteiger partial charge in [0, 0.05) is 27.6 Å². The number of aromatic nitrogens is 1. The number of carboxylic acids is 1. The average Bonchev–Trinajstić information content (AvgIpc) is 2.77. The van der Waals surface area contributed by atoms with E-state index in [2.05, 4.69) is 10.3 Å². The molecule has 1 atom stereocenters. The SMILES string of the molecule is Cc1cc(-c2cc(NC(=O)C(Cc3ccc(Cl)cc3Cl)C(=O)OC(C)(C)C)cc(C(=O)O)c2)ccn1. The van der Waals surface area contributed by atoms with E-state index in [9.17, 15) is 19.5 Å². The Hall–Kier alpha value is -3.42. The zero-order valence-electron chi connectivity index (χ0n) is 20.3. The first-order valence-corrected chi connectivity index (χ1v) is 11.9. The van der Waals surface area contributed by atoms with Crippen molar-refractivity contribution in [1.29, 1.82) is 0 Å². The molecule has 1 amide bonds. The number of ether oxygens (including phenoxy) is 1. The summed E-state index contributed by atoms with van der Waals surface area (Å²) in [6.07, 6.45) is 1.58. The molecule has 0 radical (unpaired) electrons. The van der Waals surface area contributed by atoms with E-state index in [1.54, 1.807) is 57.3 Å². The van der Waals surface area contributed by atoms with E-state index in [1.165, 1.54) is 18.2 Å². The van der Waals surface area contributed by atoms with Crippen molar-refractivity contribution in [2.24, 2.45) is 5.92 Å². The van der Waals surface area contributed by atoms with Gasteiger partial charge in [0.15, 0.2) is 0 Å². The van der Waals surface area contributed by atoms with E-state index in [0.717, 1.165) is 11.3 Å². The first-order valence-electron chi connectivity index (χ1n) is 11.1. The molecule has 0 aliphatic heterocycles. The highest BCUT2D eigenvalue weighted by Gasteiger charge is 2.32. The Morgan fingerprint density at radius 1 is 1.03 bits per heavy atom. The second-order valence-corrected chi connectivity index (χ2v) is 10.1. The first-order chi connectivity index (χ1) is 16.8. The van der Waals surface area contributed by atoms with Gasteiger partial charge in [-0.2, -0.15) is 0 Å². The second kappa shape index (κ2) is 11.1. The van der Waals surface area contributed by atoms with Gasteiger partial charge in [-0.3, -0.25) is 14.6 Å². The zero-order chi connectivity index (χ0) is 26.6. The van der Waals surface area contributed by atoms with E-state index in [4.69, 9.17) is 27.9 Å². The van der Waals surface area contributed by atoms with Crippen LogP contribution < -0.4 is 5.32 Å². The molecular formula is C27H26Cl2N2O5. The Bertz CT molecular complexity index is 1320. The van der Waals surface area contributed by atoms with Crippen LogP contribution in [0, 0.1) is 12.8 Å². The first kappa shape index (κ1) is 27.2. The average molecular weight is 529 g/mol. The summed E-state index contributed by atoms with van der Waals surface area (Å²) in [6.45, 7) is 6.93. The summed E-state index contributed by atoms with van der Waals surface area (Å²) in [7, 11) is 0. The number of aryl methyl sites for hydroxylation is 1. The van der Waals surface area contributed by atoms with Crippen LogP contribution in [0.25, 0.3) is 11.1 Å². The Labute approximate surface area is 219 Å². The molecule has 7 nitrogen and oxygen atoms in total. The molecule has 3 aromatic rings. The number of anilines is 1. The highest BCUT2D eigenvalue weighted by Crippen LogP contribution is 2.28. The number of halogens is 2. The highest BCUT2D eigenvalue weighted by molar-refractivity contribution is 6.35. The molecule has 3 rings (SSSR count). The Balaban J connectivity index is 1.97. The van der Waals surface area contributed by atoms with Crippen molar-refractivity contribution in [3.05, 3.63) is 81.6 Å². The molecule has 0 saturated carbocycles. The van der Waals surface area contributed by atoms with E-state index in [1.807, 2.05) is 6.92 Å². The van der Waals surface area contributed by atoms with Crippen LogP contribution in [0.4, 0.5) is 5.69 Å². The number of nitrogens with zero attached hydrogens (tertiary/aromatic N) is 1. The number of benzene rings is 2. The summed E-state index contributed by atoms with van der Waals surface area (Å²) in [6, 6.07) is 12.8. The molecule has 188 valence electrons. The number of carbonyl (C=O) groups is 3. The molecule has 0 saturated heterocycles. The maximum atomic E-state index is 13.4. The van der Waals surface area contributed by atoms with Gasteiger partial charge in [0.2, 0.25) is 5.91 Å².